The SMILES string of the molecule is C=C(Nc1cc(OC)ccc1OC)[C@@H]1C(=O)NC(=O)N(c2ccc(OC)cc2)C1=O. The molecule has 4 amide bonds. The summed E-state index contributed by atoms with van der Waals surface area (Å²) < 4.78 is 15.6. The molecular formula is C21H21N3O6. The lowest BCUT2D eigenvalue weighted by atomic mass is 10.0. The van der Waals surface area contributed by atoms with E-state index in [9.17, 15) is 14.4 Å². The maximum atomic E-state index is 13.1. The van der Waals surface area contributed by atoms with Crippen molar-refractivity contribution >= 4 is 29.2 Å². The van der Waals surface area contributed by atoms with Crippen molar-refractivity contribution in [2.24, 2.45) is 5.92 Å². The third-order valence-corrected chi connectivity index (χ3v) is 4.54. The quantitative estimate of drug-likeness (QED) is 0.675. The summed E-state index contributed by atoms with van der Waals surface area (Å²) in [5, 5.41) is 5.13. The van der Waals surface area contributed by atoms with E-state index in [0.717, 1.165) is 4.90 Å². The molecule has 0 radical (unpaired) electrons. The Bertz CT molecular complexity index is 1000. The number of anilines is 2. The van der Waals surface area contributed by atoms with Crippen molar-refractivity contribution in [1.82, 2.24) is 5.32 Å². The van der Waals surface area contributed by atoms with Crippen molar-refractivity contribution in [1.29, 1.82) is 0 Å². The molecule has 1 saturated heterocycles. The second-order valence-corrected chi connectivity index (χ2v) is 6.32. The van der Waals surface area contributed by atoms with E-state index in [1.54, 1.807) is 42.5 Å². The number of hydrogen-bond acceptors (Lipinski definition) is 7. The Morgan fingerprint density at radius 1 is 0.967 bits per heavy atom. The van der Waals surface area contributed by atoms with Gasteiger partial charge in [0.15, 0.2) is 5.92 Å². The average molecular weight is 411 g/mol. The van der Waals surface area contributed by atoms with Crippen LogP contribution in [0.3, 0.4) is 0 Å². The summed E-state index contributed by atoms with van der Waals surface area (Å²) in [6.07, 6.45) is 0. The Balaban J connectivity index is 1.89. The second-order valence-electron chi connectivity index (χ2n) is 6.32. The molecule has 1 aliphatic heterocycles. The van der Waals surface area contributed by atoms with Crippen LogP contribution in [0.1, 0.15) is 0 Å². The number of barbiturate groups is 1. The number of amides is 4. The Kier molecular flexibility index (Phi) is 5.91. The number of rotatable bonds is 7. The number of ether oxygens (including phenoxy) is 3. The van der Waals surface area contributed by atoms with E-state index >= 15 is 0 Å². The number of imide groups is 2. The van der Waals surface area contributed by atoms with Gasteiger partial charge in [-0.2, -0.15) is 0 Å². The first-order valence-electron chi connectivity index (χ1n) is 8.90. The highest BCUT2D eigenvalue weighted by Crippen LogP contribution is 2.32. The number of carbonyl (C=O) groups excluding carboxylic acids is 3. The van der Waals surface area contributed by atoms with E-state index in [2.05, 4.69) is 17.2 Å². The van der Waals surface area contributed by atoms with E-state index < -0.39 is 23.8 Å². The Labute approximate surface area is 173 Å². The molecule has 0 saturated carbocycles. The zero-order valence-electron chi connectivity index (χ0n) is 16.7. The molecule has 3 rings (SSSR count). The number of methoxy groups -OCH3 is 3. The van der Waals surface area contributed by atoms with Crippen molar-refractivity contribution in [2.75, 3.05) is 31.5 Å². The Morgan fingerprint density at radius 3 is 2.20 bits per heavy atom. The Hall–Kier alpha value is -4.01. The summed E-state index contributed by atoms with van der Waals surface area (Å²) in [7, 11) is 4.50. The fraction of sp³-hybridized carbons (Fsp3) is 0.190. The van der Waals surface area contributed by atoms with Gasteiger partial charge in [0.2, 0.25) is 5.91 Å². The van der Waals surface area contributed by atoms with Crippen molar-refractivity contribution in [3.8, 4) is 17.2 Å². The third-order valence-electron chi connectivity index (χ3n) is 4.54. The normalized spacial score (nSPS) is 16.0. The molecule has 9 nitrogen and oxygen atoms in total. The summed E-state index contributed by atoms with van der Waals surface area (Å²) >= 11 is 0. The molecule has 2 aromatic rings. The lowest BCUT2D eigenvalue weighted by Crippen LogP contribution is -2.59. The highest BCUT2D eigenvalue weighted by Gasteiger charge is 2.43. The first kappa shape index (κ1) is 20.7. The van der Waals surface area contributed by atoms with E-state index in [-0.39, 0.29) is 5.70 Å². The van der Waals surface area contributed by atoms with Gasteiger partial charge in [-0.15, -0.1) is 0 Å². The monoisotopic (exact) mass is 411 g/mol. The van der Waals surface area contributed by atoms with Crippen LogP contribution in [0.25, 0.3) is 0 Å². The smallest absolute Gasteiger partial charge is 0.335 e. The zero-order valence-corrected chi connectivity index (χ0v) is 16.7. The minimum absolute atomic E-state index is 0.0788. The fourth-order valence-corrected chi connectivity index (χ4v) is 3.01. The molecule has 156 valence electrons. The molecule has 0 aromatic heterocycles. The topological polar surface area (TPSA) is 106 Å². The molecule has 30 heavy (non-hydrogen) atoms. The molecule has 1 atom stereocenters. The first-order chi connectivity index (χ1) is 14.4. The van der Waals surface area contributed by atoms with E-state index in [0.29, 0.717) is 28.6 Å². The van der Waals surface area contributed by atoms with Gasteiger partial charge in [-0.05, 0) is 36.4 Å². The molecule has 1 aliphatic rings. The maximum Gasteiger partial charge on any atom is 0.335 e. The van der Waals surface area contributed by atoms with E-state index in [1.165, 1.54) is 21.3 Å². The van der Waals surface area contributed by atoms with Crippen molar-refractivity contribution < 1.29 is 28.6 Å². The number of urea groups is 1. The van der Waals surface area contributed by atoms with Gasteiger partial charge in [-0.25, -0.2) is 9.69 Å². The van der Waals surface area contributed by atoms with Crippen molar-refractivity contribution in [3.63, 3.8) is 0 Å². The molecule has 2 aromatic carbocycles. The Morgan fingerprint density at radius 2 is 1.60 bits per heavy atom. The fourth-order valence-electron chi connectivity index (χ4n) is 3.01. The number of hydrogen-bond donors (Lipinski definition) is 2. The molecule has 0 bridgehead atoms. The van der Waals surface area contributed by atoms with Gasteiger partial charge in [0, 0.05) is 11.8 Å². The van der Waals surface area contributed by atoms with Gasteiger partial charge in [-0.3, -0.25) is 14.9 Å². The van der Waals surface area contributed by atoms with Crippen LogP contribution >= 0.6 is 0 Å². The molecule has 1 heterocycles. The highest BCUT2D eigenvalue weighted by atomic mass is 16.5. The molecule has 0 unspecified atom stereocenters. The molecular weight excluding hydrogens is 390 g/mol. The maximum absolute atomic E-state index is 13.1. The summed E-state index contributed by atoms with van der Waals surface area (Å²) in [5.74, 6) is -1.26. The predicted octanol–water partition coefficient (Wildman–Crippen LogP) is 2.54. The average Bonchev–Trinajstić information content (AvgIpc) is 2.73. The van der Waals surface area contributed by atoms with Gasteiger partial charge in [0.25, 0.3) is 5.91 Å². The van der Waals surface area contributed by atoms with Crippen LogP contribution in [0.4, 0.5) is 16.2 Å². The number of nitrogens with zero attached hydrogens (tertiary/aromatic N) is 1. The number of carbonyl (C=O) groups is 3. The van der Waals surface area contributed by atoms with E-state index in [1.807, 2.05) is 0 Å². The van der Waals surface area contributed by atoms with Gasteiger partial charge >= 0.3 is 6.03 Å². The van der Waals surface area contributed by atoms with Crippen molar-refractivity contribution in [3.05, 3.63) is 54.7 Å². The largest absolute Gasteiger partial charge is 0.497 e. The van der Waals surface area contributed by atoms with Crippen LogP contribution in [0, 0.1) is 5.92 Å². The van der Waals surface area contributed by atoms with Gasteiger partial charge < -0.3 is 19.5 Å². The van der Waals surface area contributed by atoms with Crippen molar-refractivity contribution in [2.45, 2.75) is 0 Å². The lowest BCUT2D eigenvalue weighted by molar-refractivity contribution is -0.132. The van der Waals surface area contributed by atoms with Crippen LogP contribution in [0.15, 0.2) is 54.7 Å². The summed E-state index contributed by atoms with van der Waals surface area (Å²) in [6.45, 7) is 3.84. The van der Waals surface area contributed by atoms with Gasteiger partial charge in [0.05, 0.1) is 32.7 Å². The third kappa shape index (κ3) is 3.90. The molecule has 0 aliphatic carbocycles. The predicted molar refractivity (Wildman–Crippen MR) is 110 cm³/mol. The number of benzene rings is 2. The second kappa shape index (κ2) is 8.56. The lowest BCUT2D eigenvalue weighted by Gasteiger charge is -2.31. The minimum Gasteiger partial charge on any atom is -0.497 e. The summed E-state index contributed by atoms with van der Waals surface area (Å²) in [5.41, 5.74) is 0.827. The van der Waals surface area contributed by atoms with Crippen LogP contribution in [0.2, 0.25) is 0 Å². The van der Waals surface area contributed by atoms with Crippen LogP contribution < -0.4 is 29.7 Å². The summed E-state index contributed by atoms with van der Waals surface area (Å²) in [6, 6.07) is 10.5. The molecule has 1 fully saturated rings. The van der Waals surface area contributed by atoms with E-state index in [4.69, 9.17) is 14.2 Å². The zero-order chi connectivity index (χ0) is 21.8. The number of nitrogens with one attached hydrogen (secondary N) is 2. The first-order valence-corrected chi connectivity index (χ1v) is 8.90. The van der Waals surface area contributed by atoms with Crippen LogP contribution in [-0.2, 0) is 9.59 Å². The highest BCUT2D eigenvalue weighted by molar-refractivity contribution is 6.29. The minimum atomic E-state index is -1.33. The van der Waals surface area contributed by atoms with Crippen LogP contribution in [0.5, 0.6) is 17.2 Å². The summed E-state index contributed by atoms with van der Waals surface area (Å²) in [4.78, 5) is 38.7. The molecule has 9 heteroatoms. The van der Waals surface area contributed by atoms with Crippen LogP contribution in [-0.4, -0.2) is 39.2 Å². The van der Waals surface area contributed by atoms with Gasteiger partial charge in [-0.1, -0.05) is 6.58 Å². The molecule has 0 spiro atoms. The van der Waals surface area contributed by atoms with Gasteiger partial charge in [0.1, 0.15) is 17.2 Å². The standard InChI is InChI=1S/C21H21N3O6/c1-12(22-16-11-15(29-3)9-10-17(16)30-4)18-19(25)23-21(27)24(20(18)26)13-5-7-14(28-2)8-6-13/h5-11,18,22H,1H2,2-4H3,(H,23,25,27)/t18-/m1/s1. The molecule has 2 N–H and O–H groups in total.